The van der Waals surface area contributed by atoms with Crippen molar-refractivity contribution in [2.45, 2.75) is 18.9 Å². The van der Waals surface area contributed by atoms with Crippen molar-refractivity contribution in [1.82, 2.24) is 0 Å². The van der Waals surface area contributed by atoms with Gasteiger partial charge >= 0.3 is 0 Å². The number of ether oxygens (including phenoxy) is 1. The summed E-state index contributed by atoms with van der Waals surface area (Å²) in [5, 5.41) is 10.3. The van der Waals surface area contributed by atoms with Crippen molar-refractivity contribution < 1.29 is 9.84 Å². The van der Waals surface area contributed by atoms with Crippen LogP contribution in [0.25, 0.3) is 0 Å². The lowest BCUT2D eigenvalue weighted by atomic mass is 9.91. The quantitative estimate of drug-likeness (QED) is 0.804. The molecule has 0 amide bonds. The van der Waals surface area contributed by atoms with Gasteiger partial charge in [0, 0.05) is 12.5 Å². The lowest BCUT2D eigenvalue weighted by molar-refractivity contribution is 0.0911. The van der Waals surface area contributed by atoms with Gasteiger partial charge in [0.2, 0.25) is 0 Å². The van der Waals surface area contributed by atoms with Crippen LogP contribution < -0.4 is 5.73 Å². The summed E-state index contributed by atoms with van der Waals surface area (Å²) >= 11 is 0. The third-order valence-corrected chi connectivity index (χ3v) is 3.20. The third-order valence-electron chi connectivity index (χ3n) is 3.20. The average Bonchev–Trinajstić information content (AvgIpc) is 2.83. The summed E-state index contributed by atoms with van der Waals surface area (Å²) in [6.45, 7) is 2.05. The van der Waals surface area contributed by atoms with Crippen LogP contribution in [0.2, 0.25) is 0 Å². The summed E-state index contributed by atoms with van der Waals surface area (Å²) in [7, 11) is 0. The second kappa shape index (κ2) is 5.43. The zero-order valence-corrected chi connectivity index (χ0v) is 9.43. The smallest absolute Gasteiger partial charge is 0.0843 e. The number of hydrogen-bond donors (Lipinski definition) is 2. The van der Waals surface area contributed by atoms with Crippen LogP contribution in [-0.4, -0.2) is 24.9 Å². The molecule has 3 nitrogen and oxygen atoms in total. The Hall–Kier alpha value is -0.900. The fraction of sp³-hybridized carbons (Fsp3) is 0.538. The van der Waals surface area contributed by atoms with E-state index in [-0.39, 0.29) is 5.92 Å². The van der Waals surface area contributed by atoms with Crippen LogP contribution in [0.5, 0.6) is 0 Å². The summed E-state index contributed by atoms with van der Waals surface area (Å²) < 4.78 is 5.31. The maximum absolute atomic E-state index is 10.3. The highest BCUT2D eigenvalue weighted by Gasteiger charge is 2.26. The van der Waals surface area contributed by atoms with E-state index in [2.05, 4.69) is 0 Å². The molecule has 0 spiro atoms. The number of aliphatic hydroxyl groups is 1. The number of aliphatic hydroxyl groups excluding tert-OH is 1. The molecule has 2 atom stereocenters. The van der Waals surface area contributed by atoms with Crippen LogP contribution in [0.3, 0.4) is 0 Å². The lowest BCUT2D eigenvalue weighted by Gasteiger charge is -2.19. The van der Waals surface area contributed by atoms with Gasteiger partial charge < -0.3 is 15.6 Å². The first-order valence-corrected chi connectivity index (χ1v) is 5.86. The van der Waals surface area contributed by atoms with Crippen LogP contribution in [0.1, 0.15) is 23.7 Å². The van der Waals surface area contributed by atoms with Crippen molar-refractivity contribution in [3.05, 3.63) is 35.4 Å². The number of rotatable bonds is 4. The van der Waals surface area contributed by atoms with E-state index in [0.717, 1.165) is 30.6 Å². The van der Waals surface area contributed by atoms with Crippen LogP contribution in [0.15, 0.2) is 24.3 Å². The van der Waals surface area contributed by atoms with Crippen molar-refractivity contribution in [2.24, 2.45) is 11.7 Å². The summed E-state index contributed by atoms with van der Waals surface area (Å²) in [5.41, 5.74) is 7.75. The molecule has 3 heteroatoms. The molecule has 0 bridgehead atoms. The molecule has 88 valence electrons. The second-order valence-electron chi connectivity index (χ2n) is 4.31. The first-order chi connectivity index (χ1) is 7.83. The Kier molecular flexibility index (Phi) is 3.93. The van der Waals surface area contributed by atoms with Gasteiger partial charge in [0.15, 0.2) is 0 Å². The predicted octanol–water partition coefficient (Wildman–Crippen LogP) is 1.26. The van der Waals surface area contributed by atoms with Crippen LogP contribution in [-0.2, 0) is 11.2 Å². The SMILES string of the molecule is NCCc1ccccc1C(O)C1CCOC1. The second-order valence-corrected chi connectivity index (χ2v) is 4.31. The zero-order chi connectivity index (χ0) is 11.4. The van der Waals surface area contributed by atoms with E-state index in [0.29, 0.717) is 13.2 Å². The number of benzene rings is 1. The van der Waals surface area contributed by atoms with E-state index in [1.165, 1.54) is 0 Å². The zero-order valence-electron chi connectivity index (χ0n) is 9.43. The molecule has 16 heavy (non-hydrogen) atoms. The normalized spacial score (nSPS) is 22.2. The van der Waals surface area contributed by atoms with Gasteiger partial charge in [-0.25, -0.2) is 0 Å². The van der Waals surface area contributed by atoms with E-state index < -0.39 is 6.10 Å². The minimum absolute atomic E-state index is 0.235. The fourth-order valence-corrected chi connectivity index (χ4v) is 2.26. The Balaban J connectivity index is 2.17. The van der Waals surface area contributed by atoms with Gasteiger partial charge in [-0.3, -0.25) is 0 Å². The summed E-state index contributed by atoms with van der Waals surface area (Å²) in [5.74, 6) is 0.235. The van der Waals surface area contributed by atoms with Gasteiger partial charge in [-0.2, -0.15) is 0 Å². The Morgan fingerprint density at radius 1 is 1.44 bits per heavy atom. The maximum atomic E-state index is 10.3. The molecule has 2 rings (SSSR count). The Bertz CT molecular complexity index is 334. The van der Waals surface area contributed by atoms with Gasteiger partial charge in [0.05, 0.1) is 12.7 Å². The standard InChI is InChI=1S/C13H19NO2/c14-7-5-10-3-1-2-4-12(10)13(15)11-6-8-16-9-11/h1-4,11,13,15H,5-9,14H2. The molecule has 0 aliphatic carbocycles. The molecule has 3 N–H and O–H groups in total. The van der Waals surface area contributed by atoms with Crippen LogP contribution in [0, 0.1) is 5.92 Å². The Morgan fingerprint density at radius 3 is 2.94 bits per heavy atom. The van der Waals surface area contributed by atoms with Crippen molar-refractivity contribution in [2.75, 3.05) is 19.8 Å². The highest BCUT2D eigenvalue weighted by Crippen LogP contribution is 2.30. The van der Waals surface area contributed by atoms with Gasteiger partial charge in [0.25, 0.3) is 0 Å². The summed E-state index contributed by atoms with van der Waals surface area (Å²) in [6.07, 6.45) is 1.35. The fourth-order valence-electron chi connectivity index (χ4n) is 2.26. The molecule has 1 saturated heterocycles. The molecule has 1 aromatic rings. The molecule has 1 heterocycles. The van der Waals surface area contributed by atoms with Crippen molar-refractivity contribution in [1.29, 1.82) is 0 Å². The van der Waals surface area contributed by atoms with E-state index >= 15 is 0 Å². The van der Waals surface area contributed by atoms with E-state index in [9.17, 15) is 5.11 Å². The summed E-state index contributed by atoms with van der Waals surface area (Å²) in [6, 6.07) is 8.00. The van der Waals surface area contributed by atoms with Gasteiger partial charge in [-0.15, -0.1) is 0 Å². The maximum Gasteiger partial charge on any atom is 0.0843 e. The van der Waals surface area contributed by atoms with E-state index in [4.69, 9.17) is 10.5 Å². The molecule has 1 aliphatic rings. The number of hydrogen-bond acceptors (Lipinski definition) is 3. The van der Waals surface area contributed by atoms with Crippen LogP contribution in [0.4, 0.5) is 0 Å². The van der Waals surface area contributed by atoms with Gasteiger partial charge in [-0.1, -0.05) is 24.3 Å². The first kappa shape index (κ1) is 11.6. The Labute approximate surface area is 96.2 Å². The molecule has 0 aromatic heterocycles. The van der Waals surface area contributed by atoms with Crippen molar-refractivity contribution in [3.8, 4) is 0 Å². The van der Waals surface area contributed by atoms with Gasteiger partial charge in [-0.05, 0) is 30.5 Å². The van der Waals surface area contributed by atoms with Crippen molar-refractivity contribution >= 4 is 0 Å². The van der Waals surface area contributed by atoms with Gasteiger partial charge in [0.1, 0.15) is 0 Å². The predicted molar refractivity (Wildman–Crippen MR) is 63.1 cm³/mol. The molecule has 1 aromatic carbocycles. The minimum Gasteiger partial charge on any atom is -0.388 e. The molecule has 1 fully saturated rings. The summed E-state index contributed by atoms with van der Waals surface area (Å²) in [4.78, 5) is 0. The highest BCUT2D eigenvalue weighted by atomic mass is 16.5. The van der Waals surface area contributed by atoms with E-state index in [1.54, 1.807) is 0 Å². The molecular formula is C13H19NO2. The molecule has 2 unspecified atom stereocenters. The Morgan fingerprint density at radius 2 is 2.25 bits per heavy atom. The molecular weight excluding hydrogens is 202 g/mol. The highest BCUT2D eigenvalue weighted by molar-refractivity contribution is 5.30. The lowest BCUT2D eigenvalue weighted by Crippen LogP contribution is -2.15. The first-order valence-electron chi connectivity index (χ1n) is 5.86. The minimum atomic E-state index is -0.412. The molecule has 0 radical (unpaired) electrons. The van der Waals surface area contributed by atoms with Crippen molar-refractivity contribution in [3.63, 3.8) is 0 Å². The largest absolute Gasteiger partial charge is 0.388 e. The van der Waals surface area contributed by atoms with Crippen LogP contribution >= 0.6 is 0 Å². The molecule has 1 aliphatic heterocycles. The molecule has 0 saturated carbocycles. The average molecular weight is 221 g/mol. The topological polar surface area (TPSA) is 55.5 Å². The monoisotopic (exact) mass is 221 g/mol. The number of nitrogens with two attached hydrogens (primary N) is 1. The third kappa shape index (κ3) is 2.43. The van der Waals surface area contributed by atoms with E-state index in [1.807, 2.05) is 24.3 Å².